The maximum atomic E-state index is 13.1. The molecular formula is C24H20F2N2O3. The van der Waals surface area contributed by atoms with Gasteiger partial charge in [0.2, 0.25) is 11.8 Å². The van der Waals surface area contributed by atoms with Crippen molar-refractivity contribution < 1.29 is 23.1 Å². The molecule has 1 unspecified atom stereocenters. The molecule has 1 heterocycles. The summed E-state index contributed by atoms with van der Waals surface area (Å²) in [6, 6.07) is 18.5. The molecule has 0 radical (unpaired) electrons. The van der Waals surface area contributed by atoms with Crippen molar-refractivity contribution in [2.75, 3.05) is 11.4 Å². The summed E-state index contributed by atoms with van der Waals surface area (Å²) < 4.78 is 31.8. The quantitative estimate of drug-likeness (QED) is 0.640. The van der Waals surface area contributed by atoms with E-state index in [-0.39, 0.29) is 43.0 Å². The lowest BCUT2D eigenvalue weighted by molar-refractivity contribution is -0.126. The lowest BCUT2D eigenvalue weighted by Gasteiger charge is -2.16. The number of carbonyl (C=O) groups is 2. The Morgan fingerprint density at radius 3 is 2.35 bits per heavy atom. The fraction of sp³-hybridized carbons (Fsp3) is 0.167. The Balaban J connectivity index is 1.34. The summed E-state index contributed by atoms with van der Waals surface area (Å²) in [5, 5.41) is 2.86. The molecule has 3 aromatic rings. The van der Waals surface area contributed by atoms with Gasteiger partial charge in [0.1, 0.15) is 23.1 Å². The van der Waals surface area contributed by atoms with E-state index >= 15 is 0 Å². The SMILES string of the molecule is O=C(NCc1cccc(Oc2ccc(F)cc2)c1)C1CC(=O)N(c2ccc(F)cc2)C1. The molecule has 158 valence electrons. The molecule has 1 saturated heterocycles. The lowest BCUT2D eigenvalue weighted by Crippen LogP contribution is -2.32. The average Bonchev–Trinajstić information content (AvgIpc) is 3.16. The van der Waals surface area contributed by atoms with E-state index in [0.717, 1.165) is 5.56 Å². The van der Waals surface area contributed by atoms with Crippen LogP contribution in [0.4, 0.5) is 14.5 Å². The number of anilines is 1. The van der Waals surface area contributed by atoms with E-state index in [2.05, 4.69) is 5.32 Å². The molecule has 1 atom stereocenters. The number of halogens is 2. The fourth-order valence-corrected chi connectivity index (χ4v) is 3.44. The van der Waals surface area contributed by atoms with Crippen molar-refractivity contribution in [1.82, 2.24) is 5.32 Å². The second kappa shape index (κ2) is 8.95. The number of benzene rings is 3. The molecule has 31 heavy (non-hydrogen) atoms. The van der Waals surface area contributed by atoms with E-state index in [4.69, 9.17) is 4.74 Å². The van der Waals surface area contributed by atoms with Crippen LogP contribution in [0.25, 0.3) is 0 Å². The average molecular weight is 422 g/mol. The molecular weight excluding hydrogens is 402 g/mol. The van der Waals surface area contributed by atoms with E-state index in [1.54, 1.807) is 18.2 Å². The predicted molar refractivity (Wildman–Crippen MR) is 112 cm³/mol. The Morgan fingerprint density at radius 2 is 1.65 bits per heavy atom. The van der Waals surface area contributed by atoms with Gasteiger partial charge in [0, 0.05) is 25.2 Å². The first-order valence-electron chi connectivity index (χ1n) is 9.84. The highest BCUT2D eigenvalue weighted by Crippen LogP contribution is 2.26. The van der Waals surface area contributed by atoms with Crippen molar-refractivity contribution in [2.45, 2.75) is 13.0 Å². The largest absolute Gasteiger partial charge is 0.457 e. The standard InChI is InChI=1S/C24H20F2N2O3/c25-18-4-8-20(9-5-18)28-15-17(13-23(28)29)24(30)27-14-16-2-1-3-22(12-16)31-21-10-6-19(26)7-11-21/h1-12,17H,13-15H2,(H,27,30). The van der Waals surface area contributed by atoms with Gasteiger partial charge in [-0.2, -0.15) is 0 Å². The number of rotatable bonds is 6. The van der Waals surface area contributed by atoms with Crippen molar-refractivity contribution in [3.63, 3.8) is 0 Å². The number of nitrogens with one attached hydrogen (secondary N) is 1. The third-order valence-electron chi connectivity index (χ3n) is 5.05. The maximum Gasteiger partial charge on any atom is 0.227 e. The molecule has 1 aliphatic heterocycles. The maximum absolute atomic E-state index is 13.1. The topological polar surface area (TPSA) is 58.6 Å². The molecule has 0 saturated carbocycles. The first kappa shape index (κ1) is 20.5. The van der Waals surface area contributed by atoms with Gasteiger partial charge >= 0.3 is 0 Å². The molecule has 4 rings (SSSR count). The minimum absolute atomic E-state index is 0.108. The van der Waals surface area contributed by atoms with Crippen LogP contribution in [0.15, 0.2) is 72.8 Å². The summed E-state index contributed by atoms with van der Waals surface area (Å²) in [4.78, 5) is 26.4. The summed E-state index contributed by atoms with van der Waals surface area (Å²) in [5.74, 6) is -0.507. The normalized spacial score (nSPS) is 15.7. The van der Waals surface area contributed by atoms with E-state index < -0.39 is 5.92 Å². The first-order valence-corrected chi connectivity index (χ1v) is 9.84. The highest BCUT2D eigenvalue weighted by atomic mass is 19.1. The molecule has 2 amide bonds. The number of amides is 2. The summed E-state index contributed by atoms with van der Waals surface area (Å²) >= 11 is 0. The van der Waals surface area contributed by atoms with Crippen LogP contribution in [0, 0.1) is 17.6 Å². The van der Waals surface area contributed by atoms with Crippen molar-refractivity contribution in [1.29, 1.82) is 0 Å². The number of carbonyl (C=O) groups excluding carboxylic acids is 2. The molecule has 1 aliphatic rings. The van der Waals surface area contributed by atoms with Crippen LogP contribution in [0.3, 0.4) is 0 Å². The van der Waals surface area contributed by atoms with Crippen LogP contribution in [0.5, 0.6) is 11.5 Å². The van der Waals surface area contributed by atoms with Gasteiger partial charge in [0.05, 0.1) is 5.92 Å². The highest BCUT2D eigenvalue weighted by molar-refractivity contribution is 6.00. The minimum Gasteiger partial charge on any atom is -0.457 e. The molecule has 0 aliphatic carbocycles. The van der Waals surface area contributed by atoms with Gasteiger partial charge in [-0.05, 0) is 66.2 Å². The minimum atomic E-state index is -0.476. The first-order chi connectivity index (χ1) is 15.0. The number of hydrogen-bond acceptors (Lipinski definition) is 3. The van der Waals surface area contributed by atoms with Gasteiger partial charge in [-0.15, -0.1) is 0 Å². The van der Waals surface area contributed by atoms with Crippen molar-refractivity contribution in [3.05, 3.63) is 90.0 Å². The Bertz CT molecular complexity index is 1080. The van der Waals surface area contributed by atoms with Crippen molar-refractivity contribution in [2.24, 2.45) is 5.92 Å². The Kier molecular flexibility index (Phi) is 5.93. The number of hydrogen-bond donors (Lipinski definition) is 1. The van der Waals surface area contributed by atoms with Crippen LogP contribution in [0.2, 0.25) is 0 Å². The summed E-state index contributed by atoms with van der Waals surface area (Å²) in [7, 11) is 0. The van der Waals surface area contributed by atoms with Crippen LogP contribution < -0.4 is 15.0 Å². The fourth-order valence-electron chi connectivity index (χ4n) is 3.44. The van der Waals surface area contributed by atoms with Crippen LogP contribution >= 0.6 is 0 Å². The second-order valence-corrected chi connectivity index (χ2v) is 7.30. The zero-order valence-corrected chi connectivity index (χ0v) is 16.6. The molecule has 0 spiro atoms. The van der Waals surface area contributed by atoms with Gasteiger partial charge in [-0.25, -0.2) is 8.78 Å². The van der Waals surface area contributed by atoms with Gasteiger partial charge in [0.15, 0.2) is 0 Å². The summed E-state index contributed by atoms with van der Waals surface area (Å²) in [6.07, 6.45) is 0.108. The van der Waals surface area contributed by atoms with Crippen molar-refractivity contribution in [3.8, 4) is 11.5 Å². The zero-order chi connectivity index (χ0) is 21.8. The monoisotopic (exact) mass is 422 g/mol. The third kappa shape index (κ3) is 5.06. The molecule has 1 fully saturated rings. The number of nitrogens with zero attached hydrogens (tertiary/aromatic N) is 1. The summed E-state index contributed by atoms with van der Waals surface area (Å²) in [6.45, 7) is 0.532. The van der Waals surface area contributed by atoms with Gasteiger partial charge in [-0.1, -0.05) is 12.1 Å². The highest BCUT2D eigenvalue weighted by Gasteiger charge is 2.35. The van der Waals surface area contributed by atoms with Crippen LogP contribution in [-0.2, 0) is 16.1 Å². The molecule has 1 N–H and O–H groups in total. The smallest absolute Gasteiger partial charge is 0.227 e. The van der Waals surface area contributed by atoms with E-state index in [0.29, 0.717) is 17.2 Å². The van der Waals surface area contributed by atoms with Crippen molar-refractivity contribution >= 4 is 17.5 Å². The molecule has 7 heteroatoms. The Labute approximate surface area is 178 Å². The second-order valence-electron chi connectivity index (χ2n) is 7.30. The van der Waals surface area contributed by atoms with Crippen LogP contribution in [0.1, 0.15) is 12.0 Å². The van der Waals surface area contributed by atoms with E-state index in [1.165, 1.54) is 53.4 Å². The molecule has 0 aromatic heterocycles. The third-order valence-corrected chi connectivity index (χ3v) is 5.05. The van der Waals surface area contributed by atoms with E-state index in [1.807, 2.05) is 6.07 Å². The van der Waals surface area contributed by atoms with Crippen LogP contribution in [-0.4, -0.2) is 18.4 Å². The lowest BCUT2D eigenvalue weighted by atomic mass is 10.1. The Hall–Kier alpha value is -3.74. The predicted octanol–water partition coefficient (Wildman–Crippen LogP) is 4.43. The van der Waals surface area contributed by atoms with Gasteiger partial charge in [0.25, 0.3) is 0 Å². The molecule has 3 aromatic carbocycles. The Morgan fingerprint density at radius 1 is 0.968 bits per heavy atom. The molecule has 0 bridgehead atoms. The molecule has 5 nitrogen and oxygen atoms in total. The van der Waals surface area contributed by atoms with Gasteiger partial charge < -0.3 is 15.0 Å². The zero-order valence-electron chi connectivity index (χ0n) is 16.6. The van der Waals surface area contributed by atoms with E-state index in [9.17, 15) is 18.4 Å². The summed E-state index contributed by atoms with van der Waals surface area (Å²) in [5.41, 5.74) is 1.40. The van der Waals surface area contributed by atoms with Gasteiger partial charge in [-0.3, -0.25) is 9.59 Å². The number of ether oxygens (including phenoxy) is 1.